The predicted octanol–water partition coefficient (Wildman–Crippen LogP) is 17.7. The van der Waals surface area contributed by atoms with Gasteiger partial charge in [-0.1, -0.05) is 218 Å². The highest BCUT2D eigenvalue weighted by atomic mass is 15.1. The van der Waals surface area contributed by atoms with E-state index >= 15 is 0 Å². The SMILES string of the molecule is c1ccc(-c2ccc3c(c2)c2c(N(c4ccccc4)c4ccc(C5(c6ccccc6)c6ccccc6-c6ccccc65)cc4)cc4ccccc4c2n3-c2cc3ccccc3c3ccccc23)cc1. The lowest BCUT2D eigenvalue weighted by Crippen LogP contribution is -2.28. The van der Waals surface area contributed by atoms with Crippen molar-refractivity contribution in [2.45, 2.75) is 5.41 Å². The van der Waals surface area contributed by atoms with Crippen LogP contribution in [0.15, 0.2) is 267 Å². The molecule has 1 aliphatic carbocycles. The van der Waals surface area contributed by atoms with Gasteiger partial charge in [0.05, 0.1) is 27.8 Å². The summed E-state index contributed by atoms with van der Waals surface area (Å²) in [6, 6.07) is 98.8. The molecule has 2 heteroatoms. The molecule has 0 saturated carbocycles. The second-order valence-electron chi connectivity index (χ2n) is 18.4. The van der Waals surface area contributed by atoms with Gasteiger partial charge >= 0.3 is 0 Å². The summed E-state index contributed by atoms with van der Waals surface area (Å²) in [5.74, 6) is 0. The second-order valence-corrected chi connectivity index (χ2v) is 18.4. The average molecular weight is 877 g/mol. The Morgan fingerprint density at radius 1 is 0.333 bits per heavy atom. The van der Waals surface area contributed by atoms with Gasteiger partial charge < -0.3 is 9.47 Å². The van der Waals surface area contributed by atoms with Crippen LogP contribution in [0.25, 0.3) is 82.1 Å². The summed E-state index contributed by atoms with van der Waals surface area (Å²) >= 11 is 0. The molecular formula is C67H44N2. The highest BCUT2D eigenvalue weighted by Gasteiger charge is 2.45. The lowest BCUT2D eigenvalue weighted by Gasteiger charge is -2.34. The molecule has 0 spiro atoms. The molecule has 322 valence electrons. The molecule has 14 rings (SSSR count). The van der Waals surface area contributed by atoms with Gasteiger partial charge in [-0.2, -0.15) is 0 Å². The Labute approximate surface area is 401 Å². The van der Waals surface area contributed by atoms with Gasteiger partial charge in [0.1, 0.15) is 0 Å². The standard InChI is InChI=1S/C67H44N2/c1-4-20-45(21-5-1)46-36-41-62-59(42-46)65-64(44-48-23-11-13-29-54(48)66(65)69(62)63-43-47-22-10-12-28-53(47)55-30-14-15-33-58(55)63)68(51-26-8-3-9-27-51)52-39-37-50(38-40-52)67(49-24-6-2-7-25-49)60-34-18-16-31-56(60)57-32-17-19-35-61(57)67/h1-44H. The van der Waals surface area contributed by atoms with E-state index in [1.807, 2.05) is 0 Å². The van der Waals surface area contributed by atoms with Crippen LogP contribution in [0, 0.1) is 0 Å². The van der Waals surface area contributed by atoms with Crippen molar-refractivity contribution < 1.29 is 0 Å². The van der Waals surface area contributed by atoms with Crippen LogP contribution in [0.5, 0.6) is 0 Å². The topological polar surface area (TPSA) is 8.17 Å². The van der Waals surface area contributed by atoms with Crippen molar-refractivity contribution in [3.63, 3.8) is 0 Å². The van der Waals surface area contributed by atoms with Crippen molar-refractivity contribution in [3.05, 3.63) is 289 Å². The van der Waals surface area contributed by atoms with E-state index in [-0.39, 0.29) is 0 Å². The Hall–Kier alpha value is -8.98. The van der Waals surface area contributed by atoms with Crippen LogP contribution in [0.3, 0.4) is 0 Å². The first kappa shape index (κ1) is 39.2. The Kier molecular flexibility index (Phi) is 8.84. The zero-order valence-corrected chi connectivity index (χ0v) is 37.8. The lowest BCUT2D eigenvalue weighted by atomic mass is 9.68. The largest absolute Gasteiger partial charge is 0.310 e. The van der Waals surface area contributed by atoms with Gasteiger partial charge in [-0.15, -0.1) is 0 Å². The van der Waals surface area contributed by atoms with Gasteiger partial charge in [0.15, 0.2) is 0 Å². The molecule has 1 heterocycles. The predicted molar refractivity (Wildman–Crippen MR) is 291 cm³/mol. The normalized spacial score (nSPS) is 12.8. The van der Waals surface area contributed by atoms with Crippen LogP contribution < -0.4 is 4.90 Å². The number of hydrogen-bond acceptors (Lipinski definition) is 1. The lowest BCUT2D eigenvalue weighted by molar-refractivity contribution is 0.768. The van der Waals surface area contributed by atoms with Gasteiger partial charge in [-0.05, 0) is 115 Å². The molecular weight excluding hydrogens is 833 g/mol. The number of benzene rings is 12. The molecule has 12 aromatic carbocycles. The summed E-state index contributed by atoms with van der Waals surface area (Å²) in [4.78, 5) is 2.49. The maximum atomic E-state index is 2.56. The molecule has 2 nitrogen and oxygen atoms in total. The summed E-state index contributed by atoms with van der Waals surface area (Å²) in [5.41, 5.74) is 16.4. The highest BCUT2D eigenvalue weighted by molar-refractivity contribution is 6.26. The maximum Gasteiger partial charge on any atom is 0.0713 e. The van der Waals surface area contributed by atoms with E-state index in [9.17, 15) is 0 Å². The molecule has 69 heavy (non-hydrogen) atoms. The summed E-state index contributed by atoms with van der Waals surface area (Å²) in [6.45, 7) is 0. The first-order valence-electron chi connectivity index (χ1n) is 23.9. The maximum absolute atomic E-state index is 2.56. The third-order valence-corrected chi connectivity index (χ3v) is 14.8. The summed E-state index contributed by atoms with van der Waals surface area (Å²) in [7, 11) is 0. The van der Waals surface area contributed by atoms with Crippen molar-refractivity contribution in [1.82, 2.24) is 4.57 Å². The van der Waals surface area contributed by atoms with Crippen LogP contribution in [-0.2, 0) is 5.41 Å². The number of aromatic nitrogens is 1. The van der Waals surface area contributed by atoms with Crippen LogP contribution >= 0.6 is 0 Å². The minimum absolute atomic E-state index is 0.495. The van der Waals surface area contributed by atoms with Crippen LogP contribution in [0.2, 0.25) is 0 Å². The number of anilines is 3. The minimum atomic E-state index is -0.495. The van der Waals surface area contributed by atoms with Crippen molar-refractivity contribution in [1.29, 1.82) is 0 Å². The number of fused-ring (bicyclic) bond motifs is 11. The van der Waals surface area contributed by atoms with E-state index in [0.29, 0.717) is 0 Å². The third-order valence-electron chi connectivity index (χ3n) is 14.8. The van der Waals surface area contributed by atoms with Crippen LogP contribution in [0.1, 0.15) is 22.3 Å². The van der Waals surface area contributed by atoms with Gasteiger partial charge in [0, 0.05) is 32.9 Å². The molecule has 1 aliphatic rings. The molecule has 0 aliphatic heterocycles. The molecule has 0 unspecified atom stereocenters. The summed E-state index contributed by atoms with van der Waals surface area (Å²) in [6.07, 6.45) is 0. The average Bonchev–Trinajstić information content (AvgIpc) is 3.93. The van der Waals surface area contributed by atoms with E-state index in [4.69, 9.17) is 0 Å². The zero-order valence-electron chi connectivity index (χ0n) is 37.8. The molecule has 0 fully saturated rings. The molecule has 0 saturated heterocycles. The number of nitrogens with zero attached hydrogens (tertiary/aromatic N) is 2. The van der Waals surface area contributed by atoms with Gasteiger partial charge in [0.2, 0.25) is 0 Å². The first-order chi connectivity index (χ1) is 34.3. The fraction of sp³-hybridized carbons (Fsp3) is 0.0149. The smallest absolute Gasteiger partial charge is 0.0713 e. The zero-order chi connectivity index (χ0) is 45.5. The molecule has 0 N–H and O–H groups in total. The summed E-state index contributed by atoms with van der Waals surface area (Å²) < 4.78 is 2.56. The minimum Gasteiger partial charge on any atom is -0.310 e. The van der Waals surface area contributed by atoms with Gasteiger partial charge in [-0.3, -0.25) is 0 Å². The van der Waals surface area contributed by atoms with Gasteiger partial charge in [-0.25, -0.2) is 0 Å². The number of rotatable bonds is 7. The molecule has 13 aromatic rings. The van der Waals surface area contributed by atoms with E-state index in [1.165, 1.54) is 93.1 Å². The van der Waals surface area contributed by atoms with E-state index in [1.54, 1.807) is 0 Å². The first-order valence-corrected chi connectivity index (χ1v) is 23.9. The fourth-order valence-corrected chi connectivity index (χ4v) is 11.9. The Balaban J connectivity index is 1.08. The Morgan fingerprint density at radius 2 is 0.855 bits per heavy atom. The molecule has 0 radical (unpaired) electrons. The highest BCUT2D eigenvalue weighted by Crippen LogP contribution is 2.57. The quantitative estimate of drug-likeness (QED) is 0.145. The monoisotopic (exact) mass is 876 g/mol. The van der Waals surface area contributed by atoms with Crippen molar-refractivity contribution in [2.24, 2.45) is 0 Å². The van der Waals surface area contributed by atoms with Crippen molar-refractivity contribution in [3.8, 4) is 27.9 Å². The summed E-state index contributed by atoms with van der Waals surface area (Å²) in [5, 5.41) is 9.72. The van der Waals surface area contributed by atoms with Crippen molar-refractivity contribution in [2.75, 3.05) is 4.90 Å². The molecule has 0 atom stereocenters. The van der Waals surface area contributed by atoms with Crippen LogP contribution in [-0.4, -0.2) is 4.57 Å². The molecule has 0 bridgehead atoms. The van der Waals surface area contributed by atoms with E-state index in [2.05, 4.69) is 276 Å². The number of hydrogen-bond donors (Lipinski definition) is 0. The van der Waals surface area contributed by atoms with Gasteiger partial charge in [0.25, 0.3) is 0 Å². The number of para-hydroxylation sites is 1. The molecule has 1 aromatic heterocycles. The van der Waals surface area contributed by atoms with E-state index < -0.39 is 5.41 Å². The van der Waals surface area contributed by atoms with Crippen molar-refractivity contribution >= 4 is 71.2 Å². The second kappa shape index (κ2) is 15.6. The third kappa shape index (κ3) is 5.86. The molecule has 0 amide bonds. The Bertz CT molecular complexity index is 4070. The fourth-order valence-electron chi connectivity index (χ4n) is 11.9. The van der Waals surface area contributed by atoms with Crippen LogP contribution in [0.4, 0.5) is 17.1 Å². The van der Waals surface area contributed by atoms with E-state index in [0.717, 1.165) is 28.3 Å². The Morgan fingerprint density at radius 3 is 1.55 bits per heavy atom.